The molecule has 0 aromatic heterocycles. The summed E-state index contributed by atoms with van der Waals surface area (Å²) in [5, 5.41) is 0. The quantitative estimate of drug-likeness (QED) is 0.445. The minimum Gasteiger partial charge on any atom is -0.378 e. The number of rotatable bonds is 6. The van der Waals surface area contributed by atoms with Crippen molar-refractivity contribution in [1.82, 2.24) is 0 Å². The van der Waals surface area contributed by atoms with Gasteiger partial charge in [0, 0.05) is 39.6 Å². The minimum absolute atomic E-state index is 0.468. The Kier molecular flexibility index (Phi) is 9.03. The third-order valence-corrected chi connectivity index (χ3v) is 4.09. The summed E-state index contributed by atoms with van der Waals surface area (Å²) < 4.78 is 0. The van der Waals surface area contributed by atoms with Crippen LogP contribution in [-0.4, -0.2) is 34.1 Å². The van der Waals surface area contributed by atoms with Crippen LogP contribution in [0, 0.1) is 0 Å². The molecule has 1 amide bonds. The van der Waals surface area contributed by atoms with E-state index in [9.17, 15) is 4.79 Å². The monoisotopic (exact) mass is 379 g/mol. The lowest BCUT2D eigenvalue weighted by atomic mass is 9.93. The highest BCUT2D eigenvalue weighted by Crippen LogP contribution is 2.29. The van der Waals surface area contributed by atoms with E-state index >= 15 is 0 Å². The highest BCUT2D eigenvalue weighted by atomic mass is 16.1. The van der Waals surface area contributed by atoms with Crippen LogP contribution in [0.4, 0.5) is 11.4 Å². The number of carbonyl (C=O) groups excluding carboxylic acids is 1. The smallest absolute Gasteiger partial charge is 0.249 e. The molecule has 28 heavy (non-hydrogen) atoms. The maximum Gasteiger partial charge on any atom is 0.249 e. The van der Waals surface area contributed by atoms with E-state index in [4.69, 9.17) is 5.73 Å². The fourth-order valence-electron chi connectivity index (χ4n) is 2.66. The van der Waals surface area contributed by atoms with Gasteiger partial charge in [0.2, 0.25) is 5.91 Å². The fraction of sp³-hybridized carbons (Fsp3) is 0.292. The summed E-state index contributed by atoms with van der Waals surface area (Å²) >= 11 is 0. The number of carbonyl (C=O) groups is 1. The van der Waals surface area contributed by atoms with Crippen molar-refractivity contribution in [3.8, 4) is 0 Å². The number of nitrogens with zero attached hydrogens (tertiary/aromatic N) is 2. The van der Waals surface area contributed by atoms with E-state index in [1.165, 1.54) is 6.42 Å². The first-order chi connectivity index (χ1) is 13.3. The summed E-state index contributed by atoms with van der Waals surface area (Å²) in [6.45, 7) is 8.14. The van der Waals surface area contributed by atoms with Crippen molar-refractivity contribution in [3.05, 3.63) is 72.3 Å². The highest BCUT2D eigenvalue weighted by molar-refractivity contribution is 6.27. The molecule has 0 saturated heterocycles. The number of allylic oxidation sites excluding steroid dienone is 2. The van der Waals surface area contributed by atoms with Crippen LogP contribution >= 0.6 is 0 Å². The minimum atomic E-state index is -0.468. The van der Waals surface area contributed by atoms with E-state index in [2.05, 4.69) is 20.4 Å². The summed E-state index contributed by atoms with van der Waals surface area (Å²) in [5.74, 6) is -0.468. The Hall–Kier alpha value is -3.01. The van der Waals surface area contributed by atoms with Gasteiger partial charge in [0.1, 0.15) is 0 Å². The summed E-state index contributed by atoms with van der Waals surface area (Å²) in [4.78, 5) is 16.2. The second kappa shape index (κ2) is 11.0. The van der Waals surface area contributed by atoms with Crippen LogP contribution in [0.1, 0.15) is 31.4 Å². The highest BCUT2D eigenvalue weighted by Gasteiger charge is 2.15. The van der Waals surface area contributed by atoms with Gasteiger partial charge in [0.15, 0.2) is 0 Å². The van der Waals surface area contributed by atoms with Crippen molar-refractivity contribution < 1.29 is 4.79 Å². The molecule has 0 bridgehead atoms. The predicted molar refractivity (Wildman–Crippen MR) is 124 cm³/mol. The van der Waals surface area contributed by atoms with Gasteiger partial charge in [-0.2, -0.15) is 0 Å². The Labute approximate surface area is 170 Å². The lowest BCUT2D eigenvalue weighted by Gasteiger charge is -2.16. The van der Waals surface area contributed by atoms with Crippen LogP contribution in [0.15, 0.2) is 61.2 Å². The average molecular weight is 380 g/mol. The normalized spacial score (nSPS) is 10.9. The molecule has 0 unspecified atom stereocenters. The molecule has 0 aliphatic rings. The first-order valence-electron chi connectivity index (χ1n) is 9.48. The second-order valence-corrected chi connectivity index (χ2v) is 6.95. The maximum absolute atomic E-state index is 12.2. The van der Waals surface area contributed by atoms with E-state index < -0.39 is 5.91 Å². The largest absolute Gasteiger partial charge is 0.378 e. The molecule has 4 nitrogen and oxygen atoms in total. The van der Waals surface area contributed by atoms with Crippen LogP contribution in [-0.2, 0) is 4.79 Å². The third kappa shape index (κ3) is 6.02. The first kappa shape index (κ1) is 23.0. The van der Waals surface area contributed by atoms with Gasteiger partial charge >= 0.3 is 0 Å². The van der Waals surface area contributed by atoms with Gasteiger partial charge in [-0.1, -0.05) is 57.2 Å². The van der Waals surface area contributed by atoms with Gasteiger partial charge in [-0.05, 0) is 41.0 Å². The zero-order chi connectivity index (χ0) is 21.3. The predicted octanol–water partition coefficient (Wildman–Crippen LogP) is 4.82. The van der Waals surface area contributed by atoms with E-state index in [1.807, 2.05) is 86.5 Å². The van der Waals surface area contributed by atoms with Crippen LogP contribution in [0.3, 0.4) is 0 Å². The molecule has 150 valence electrons. The SMILES string of the molecule is C=C/C(=C(\C(N)=O)c1ccc(N(C)C)cc1)c1ccc(N(C)C)cc1.CCC. The summed E-state index contributed by atoms with van der Waals surface area (Å²) in [6.07, 6.45) is 2.94. The molecule has 2 aromatic rings. The molecule has 4 heteroatoms. The molecule has 0 radical (unpaired) electrons. The van der Waals surface area contributed by atoms with Crippen molar-refractivity contribution in [2.45, 2.75) is 20.3 Å². The van der Waals surface area contributed by atoms with Crippen molar-refractivity contribution in [2.75, 3.05) is 38.0 Å². The van der Waals surface area contributed by atoms with Crippen LogP contribution in [0.25, 0.3) is 11.1 Å². The molecule has 2 rings (SSSR count). The van der Waals surface area contributed by atoms with E-state index in [-0.39, 0.29) is 0 Å². The molecule has 0 heterocycles. The topological polar surface area (TPSA) is 49.6 Å². The Bertz CT molecular complexity index is 801. The molecule has 0 spiro atoms. The average Bonchev–Trinajstić information content (AvgIpc) is 2.66. The number of primary amides is 1. The molecular formula is C24H33N3O. The van der Waals surface area contributed by atoms with Gasteiger partial charge in [0.05, 0.1) is 5.57 Å². The molecule has 2 N–H and O–H groups in total. The Morgan fingerprint density at radius 2 is 1.21 bits per heavy atom. The molecule has 0 aliphatic carbocycles. The van der Waals surface area contributed by atoms with Gasteiger partial charge in [-0.25, -0.2) is 0 Å². The van der Waals surface area contributed by atoms with Gasteiger partial charge < -0.3 is 15.5 Å². The number of anilines is 2. The van der Waals surface area contributed by atoms with Crippen LogP contribution < -0.4 is 15.5 Å². The van der Waals surface area contributed by atoms with Gasteiger partial charge in [0.25, 0.3) is 0 Å². The summed E-state index contributed by atoms with van der Waals surface area (Å²) in [7, 11) is 7.92. The summed E-state index contributed by atoms with van der Waals surface area (Å²) in [6, 6.07) is 15.7. The number of hydrogen-bond acceptors (Lipinski definition) is 3. The lowest BCUT2D eigenvalue weighted by molar-refractivity contribution is -0.112. The Morgan fingerprint density at radius 3 is 1.50 bits per heavy atom. The van der Waals surface area contributed by atoms with E-state index in [1.54, 1.807) is 6.08 Å². The van der Waals surface area contributed by atoms with Crippen LogP contribution in [0.2, 0.25) is 0 Å². The van der Waals surface area contributed by atoms with Crippen LogP contribution in [0.5, 0.6) is 0 Å². The molecular weight excluding hydrogens is 346 g/mol. The molecule has 0 fully saturated rings. The number of benzene rings is 2. The van der Waals surface area contributed by atoms with Gasteiger partial charge in [-0.3, -0.25) is 4.79 Å². The number of nitrogens with two attached hydrogens (primary N) is 1. The fourth-order valence-corrected chi connectivity index (χ4v) is 2.66. The zero-order valence-electron chi connectivity index (χ0n) is 18.0. The molecule has 2 aromatic carbocycles. The zero-order valence-corrected chi connectivity index (χ0v) is 18.0. The standard InChI is InChI=1S/C21H25N3O.C3H8/c1-6-19(15-7-11-17(12-8-15)23(2)3)20(21(22)25)16-9-13-18(14-10-16)24(4)5;1-3-2/h6-14H,1H2,2-5H3,(H2,22,25);3H2,1-2H3/b20-19+;. The van der Waals surface area contributed by atoms with Crippen molar-refractivity contribution in [3.63, 3.8) is 0 Å². The van der Waals surface area contributed by atoms with E-state index in [0.717, 1.165) is 28.1 Å². The van der Waals surface area contributed by atoms with Gasteiger partial charge in [-0.15, -0.1) is 0 Å². The molecule has 0 saturated carbocycles. The Balaban J connectivity index is 0.00000122. The first-order valence-corrected chi connectivity index (χ1v) is 9.48. The van der Waals surface area contributed by atoms with Crippen molar-refractivity contribution in [2.24, 2.45) is 5.73 Å². The molecule has 0 aliphatic heterocycles. The van der Waals surface area contributed by atoms with E-state index in [0.29, 0.717) is 5.57 Å². The third-order valence-electron chi connectivity index (χ3n) is 4.09. The number of amides is 1. The Morgan fingerprint density at radius 1 is 0.857 bits per heavy atom. The van der Waals surface area contributed by atoms with Crippen molar-refractivity contribution in [1.29, 1.82) is 0 Å². The second-order valence-electron chi connectivity index (χ2n) is 6.95. The van der Waals surface area contributed by atoms with Crippen molar-refractivity contribution >= 4 is 28.4 Å². The lowest BCUT2D eigenvalue weighted by Crippen LogP contribution is -2.15. The summed E-state index contributed by atoms with van der Waals surface area (Å²) in [5.41, 5.74) is 10.7. The molecule has 0 atom stereocenters. The maximum atomic E-state index is 12.2. The number of hydrogen-bond donors (Lipinski definition) is 1.